The number of hydrogen-bond donors (Lipinski definition) is 1. The number of rotatable bonds is 4. The first-order chi connectivity index (χ1) is 13.0. The molecule has 3 rings (SSSR count). The number of likely N-dealkylation sites (tertiary alicyclic amines) is 1. The number of piperidine rings is 1. The first-order valence-electron chi connectivity index (χ1n) is 8.97. The normalized spacial score (nSPS) is 17.3. The highest BCUT2D eigenvalue weighted by atomic mass is 35.5. The first-order valence-corrected chi connectivity index (χ1v) is 9.35. The summed E-state index contributed by atoms with van der Waals surface area (Å²) in [5.41, 5.74) is 2.28. The van der Waals surface area contributed by atoms with Crippen LogP contribution < -0.4 is 5.32 Å². The highest BCUT2D eigenvalue weighted by Gasteiger charge is 2.27. The van der Waals surface area contributed by atoms with Gasteiger partial charge >= 0.3 is 0 Å². The van der Waals surface area contributed by atoms with Gasteiger partial charge in [0.15, 0.2) is 0 Å². The molecule has 0 radical (unpaired) electrons. The summed E-state index contributed by atoms with van der Waals surface area (Å²) in [6.07, 6.45) is 4.78. The fourth-order valence-corrected chi connectivity index (χ4v) is 3.49. The Balaban J connectivity index is 1.62. The van der Waals surface area contributed by atoms with Gasteiger partial charge in [-0.25, -0.2) is 0 Å². The van der Waals surface area contributed by atoms with Gasteiger partial charge in [-0.05, 0) is 38.0 Å². The number of carbonyl (C=O) groups excluding carboxylic acids is 2. The molecule has 7 heteroatoms. The fourth-order valence-electron chi connectivity index (χ4n) is 3.25. The van der Waals surface area contributed by atoms with Gasteiger partial charge in [0.1, 0.15) is 5.15 Å². The van der Waals surface area contributed by atoms with E-state index >= 15 is 0 Å². The third-order valence-corrected chi connectivity index (χ3v) is 5.18. The van der Waals surface area contributed by atoms with Crippen LogP contribution in [0, 0.1) is 12.8 Å². The van der Waals surface area contributed by atoms with Crippen LogP contribution in [0.4, 0.5) is 5.69 Å². The van der Waals surface area contributed by atoms with Gasteiger partial charge in [-0.1, -0.05) is 29.8 Å². The van der Waals surface area contributed by atoms with E-state index in [1.54, 1.807) is 22.7 Å². The van der Waals surface area contributed by atoms with Crippen LogP contribution in [0.2, 0.25) is 5.15 Å². The first kappa shape index (κ1) is 19.2. The number of aromatic nitrogens is 2. The molecule has 1 fully saturated rings. The van der Waals surface area contributed by atoms with Crippen LogP contribution in [0.15, 0.2) is 36.4 Å². The third kappa shape index (κ3) is 4.57. The Morgan fingerprint density at radius 2 is 2.04 bits per heavy atom. The lowest BCUT2D eigenvalue weighted by atomic mass is 9.97. The van der Waals surface area contributed by atoms with Gasteiger partial charge in [-0.2, -0.15) is 5.10 Å². The number of hydrogen-bond acceptors (Lipinski definition) is 3. The van der Waals surface area contributed by atoms with E-state index in [2.05, 4.69) is 10.4 Å². The monoisotopic (exact) mass is 386 g/mol. The second kappa shape index (κ2) is 8.39. The van der Waals surface area contributed by atoms with E-state index in [0.717, 1.165) is 29.8 Å². The number of benzene rings is 1. The standard InChI is InChI=1S/C20H23ClN4O2/c1-14-17(19(21)24(2)23-14)10-11-18(26)25-12-6-7-15(13-25)20(27)22-16-8-4-3-5-9-16/h3-5,8-11,15H,6-7,12-13H2,1-2H3,(H,22,27)/b11-10+. The zero-order valence-electron chi connectivity index (χ0n) is 15.5. The van der Waals surface area contributed by atoms with Crippen LogP contribution in [0.1, 0.15) is 24.1 Å². The quantitative estimate of drug-likeness (QED) is 0.820. The topological polar surface area (TPSA) is 67.2 Å². The maximum Gasteiger partial charge on any atom is 0.246 e. The maximum atomic E-state index is 12.6. The average Bonchev–Trinajstić information content (AvgIpc) is 2.92. The van der Waals surface area contributed by atoms with E-state index in [9.17, 15) is 9.59 Å². The van der Waals surface area contributed by atoms with Crippen molar-refractivity contribution in [2.24, 2.45) is 13.0 Å². The zero-order valence-corrected chi connectivity index (χ0v) is 16.2. The van der Waals surface area contributed by atoms with Crippen molar-refractivity contribution in [3.63, 3.8) is 0 Å². The Kier molecular flexibility index (Phi) is 5.96. The molecule has 0 saturated carbocycles. The molecule has 142 valence electrons. The smallest absolute Gasteiger partial charge is 0.246 e. The molecular formula is C20H23ClN4O2. The van der Waals surface area contributed by atoms with Gasteiger partial charge in [0.2, 0.25) is 11.8 Å². The lowest BCUT2D eigenvalue weighted by Gasteiger charge is -2.31. The molecule has 1 saturated heterocycles. The van der Waals surface area contributed by atoms with Crippen LogP contribution in [0.25, 0.3) is 6.08 Å². The molecule has 2 amide bonds. The summed E-state index contributed by atoms with van der Waals surface area (Å²) in [6.45, 7) is 2.92. The molecule has 6 nitrogen and oxygen atoms in total. The van der Waals surface area contributed by atoms with Crippen molar-refractivity contribution in [3.05, 3.63) is 52.8 Å². The summed E-state index contributed by atoms with van der Waals surface area (Å²) < 4.78 is 1.58. The molecule has 27 heavy (non-hydrogen) atoms. The highest BCUT2D eigenvalue weighted by molar-refractivity contribution is 6.31. The minimum Gasteiger partial charge on any atom is -0.338 e. The number of nitrogens with zero attached hydrogens (tertiary/aromatic N) is 3. The van der Waals surface area contributed by atoms with Crippen molar-refractivity contribution in [2.75, 3.05) is 18.4 Å². The summed E-state index contributed by atoms with van der Waals surface area (Å²) in [5, 5.41) is 7.65. The maximum absolute atomic E-state index is 12.6. The Labute approximate surface area is 163 Å². The molecule has 1 N–H and O–H groups in total. The lowest BCUT2D eigenvalue weighted by Crippen LogP contribution is -2.43. The number of halogens is 1. The Morgan fingerprint density at radius 1 is 1.30 bits per heavy atom. The Hall–Kier alpha value is -2.60. The zero-order chi connectivity index (χ0) is 19.4. The van der Waals surface area contributed by atoms with Crippen LogP contribution in [0.5, 0.6) is 0 Å². The minimum atomic E-state index is -0.208. The van der Waals surface area contributed by atoms with Gasteiger partial charge in [-0.3, -0.25) is 14.3 Å². The van der Waals surface area contributed by atoms with Gasteiger partial charge in [0.05, 0.1) is 11.6 Å². The van der Waals surface area contributed by atoms with Crippen molar-refractivity contribution in [1.82, 2.24) is 14.7 Å². The molecule has 0 bridgehead atoms. The SMILES string of the molecule is Cc1nn(C)c(Cl)c1/C=C/C(=O)N1CCCC(C(=O)Nc2ccccc2)C1. The second-order valence-corrected chi connectivity index (χ2v) is 7.08. The third-order valence-electron chi connectivity index (χ3n) is 4.73. The van der Waals surface area contributed by atoms with Gasteiger partial charge in [-0.15, -0.1) is 0 Å². The lowest BCUT2D eigenvalue weighted by molar-refractivity contribution is -0.130. The van der Waals surface area contributed by atoms with E-state index in [1.165, 1.54) is 6.08 Å². The van der Waals surface area contributed by atoms with Crippen LogP contribution in [0.3, 0.4) is 0 Å². The van der Waals surface area contributed by atoms with E-state index in [-0.39, 0.29) is 17.7 Å². The van der Waals surface area contributed by atoms with Crippen molar-refractivity contribution < 1.29 is 9.59 Å². The number of carbonyl (C=O) groups is 2. The number of nitrogens with one attached hydrogen (secondary N) is 1. The summed E-state index contributed by atoms with van der Waals surface area (Å²) >= 11 is 6.20. The Bertz CT molecular complexity index is 860. The molecule has 1 aromatic carbocycles. The average molecular weight is 387 g/mol. The van der Waals surface area contributed by atoms with E-state index in [0.29, 0.717) is 18.2 Å². The molecule has 0 aliphatic carbocycles. The van der Waals surface area contributed by atoms with Crippen LogP contribution in [-0.2, 0) is 16.6 Å². The molecule has 1 aliphatic rings. The van der Waals surface area contributed by atoms with E-state index in [1.807, 2.05) is 37.3 Å². The largest absolute Gasteiger partial charge is 0.338 e. The summed E-state index contributed by atoms with van der Waals surface area (Å²) in [7, 11) is 1.76. The van der Waals surface area contributed by atoms with Gasteiger partial charge in [0.25, 0.3) is 0 Å². The van der Waals surface area contributed by atoms with Crippen molar-refractivity contribution in [3.8, 4) is 0 Å². The van der Waals surface area contributed by atoms with E-state index < -0.39 is 0 Å². The molecule has 2 heterocycles. The van der Waals surface area contributed by atoms with Crippen molar-refractivity contribution in [2.45, 2.75) is 19.8 Å². The second-order valence-electron chi connectivity index (χ2n) is 6.73. The molecule has 1 aromatic heterocycles. The predicted octanol–water partition coefficient (Wildman–Crippen LogP) is 3.27. The fraction of sp³-hybridized carbons (Fsp3) is 0.350. The number of amides is 2. The molecule has 0 spiro atoms. The van der Waals surface area contributed by atoms with Crippen molar-refractivity contribution >= 4 is 35.2 Å². The van der Waals surface area contributed by atoms with Crippen LogP contribution in [-0.4, -0.2) is 39.6 Å². The molecule has 1 unspecified atom stereocenters. The predicted molar refractivity (Wildman–Crippen MR) is 106 cm³/mol. The molecular weight excluding hydrogens is 364 g/mol. The molecule has 2 aromatic rings. The molecule has 1 atom stereocenters. The number of aryl methyl sites for hydroxylation is 2. The number of para-hydroxylation sites is 1. The highest BCUT2D eigenvalue weighted by Crippen LogP contribution is 2.22. The van der Waals surface area contributed by atoms with Crippen molar-refractivity contribution in [1.29, 1.82) is 0 Å². The van der Waals surface area contributed by atoms with Gasteiger partial charge in [0, 0.05) is 37.5 Å². The number of anilines is 1. The van der Waals surface area contributed by atoms with Crippen LogP contribution >= 0.6 is 11.6 Å². The minimum absolute atomic E-state index is 0.0474. The summed E-state index contributed by atoms with van der Waals surface area (Å²) in [6, 6.07) is 9.36. The Morgan fingerprint density at radius 3 is 2.70 bits per heavy atom. The summed E-state index contributed by atoms with van der Waals surface area (Å²) in [5.74, 6) is -0.375. The van der Waals surface area contributed by atoms with Gasteiger partial charge < -0.3 is 10.2 Å². The molecule has 1 aliphatic heterocycles. The summed E-state index contributed by atoms with van der Waals surface area (Å²) in [4.78, 5) is 26.8. The van der Waals surface area contributed by atoms with E-state index in [4.69, 9.17) is 11.6 Å².